The van der Waals surface area contributed by atoms with E-state index in [-0.39, 0.29) is 5.97 Å². The highest BCUT2D eigenvalue weighted by Crippen LogP contribution is 2.77. The molecule has 1 aromatic rings. The van der Waals surface area contributed by atoms with Crippen molar-refractivity contribution in [3.8, 4) is 0 Å². The van der Waals surface area contributed by atoms with Crippen molar-refractivity contribution in [3.05, 3.63) is 46.2 Å². The number of carbonyl (C=O) groups excluding carboxylic acids is 1. The lowest BCUT2D eigenvalue weighted by Crippen LogP contribution is -2.23. The first-order valence-electron chi connectivity index (χ1n) is 6.43. The molecular formula is C14H15BrO4P+. The summed E-state index contributed by atoms with van der Waals surface area (Å²) < 4.78 is 18.2. The summed E-state index contributed by atoms with van der Waals surface area (Å²) in [6, 6.07) is 9.33. The molecule has 1 saturated heterocycles. The minimum Gasteiger partial charge on any atom is -0.243 e. The molecule has 1 aromatic carbocycles. The van der Waals surface area contributed by atoms with E-state index in [0.29, 0.717) is 0 Å². The standard InChI is InChI=1S/C14H15BrO4P/c1-3-14(2)11(15)9-20(19-14)17-12(13(16)18-20)10-7-5-4-6-8-10/h4-9,12H,3H2,1-2H3/q+1. The second-order valence-electron chi connectivity index (χ2n) is 5.00. The van der Waals surface area contributed by atoms with Crippen LogP contribution in [0.4, 0.5) is 0 Å². The van der Waals surface area contributed by atoms with Gasteiger partial charge in [-0.1, -0.05) is 37.3 Å². The third-order valence-corrected chi connectivity index (χ3v) is 7.16. The third-order valence-electron chi connectivity index (χ3n) is 3.57. The summed E-state index contributed by atoms with van der Waals surface area (Å²) in [6.45, 7) is 3.97. The molecule has 0 amide bonds. The van der Waals surface area contributed by atoms with Crippen LogP contribution in [0.15, 0.2) is 40.6 Å². The molecule has 0 aromatic heterocycles. The van der Waals surface area contributed by atoms with Crippen molar-refractivity contribution >= 4 is 29.8 Å². The van der Waals surface area contributed by atoms with Crippen molar-refractivity contribution in [3.63, 3.8) is 0 Å². The van der Waals surface area contributed by atoms with Gasteiger partial charge in [-0.05, 0) is 34.8 Å². The molecule has 3 atom stereocenters. The molecule has 2 heterocycles. The fourth-order valence-corrected chi connectivity index (χ4v) is 5.88. The van der Waals surface area contributed by atoms with Crippen molar-refractivity contribution in [2.24, 2.45) is 0 Å². The Morgan fingerprint density at radius 2 is 2.05 bits per heavy atom. The van der Waals surface area contributed by atoms with Gasteiger partial charge in [0.15, 0.2) is 11.4 Å². The molecule has 4 nitrogen and oxygen atoms in total. The maximum atomic E-state index is 12.1. The highest BCUT2D eigenvalue weighted by atomic mass is 79.9. The zero-order valence-corrected chi connectivity index (χ0v) is 13.7. The van der Waals surface area contributed by atoms with Crippen LogP contribution in [0.3, 0.4) is 0 Å². The predicted octanol–water partition coefficient (Wildman–Crippen LogP) is 4.50. The SMILES string of the molecule is CCC1(C)O[P+]2(C=C1Br)OC(=O)C(c1ccccc1)O2. The van der Waals surface area contributed by atoms with E-state index in [1.807, 2.05) is 44.2 Å². The van der Waals surface area contributed by atoms with E-state index in [1.165, 1.54) is 0 Å². The number of rotatable bonds is 2. The monoisotopic (exact) mass is 357 g/mol. The fourth-order valence-electron chi connectivity index (χ4n) is 2.17. The second kappa shape index (κ2) is 4.92. The molecule has 3 rings (SSSR count). The van der Waals surface area contributed by atoms with Gasteiger partial charge >= 0.3 is 13.9 Å². The lowest BCUT2D eigenvalue weighted by Gasteiger charge is -2.19. The summed E-state index contributed by atoms with van der Waals surface area (Å²) in [6.07, 6.45) is 0.0585. The minimum atomic E-state index is -2.73. The summed E-state index contributed by atoms with van der Waals surface area (Å²) in [5.41, 5.74) is 0.298. The summed E-state index contributed by atoms with van der Waals surface area (Å²) >= 11 is 3.49. The molecule has 0 aliphatic carbocycles. The summed E-state index contributed by atoms with van der Waals surface area (Å²) in [5.74, 6) is 1.40. The van der Waals surface area contributed by atoms with Gasteiger partial charge in [-0.2, -0.15) is 4.52 Å². The highest BCUT2D eigenvalue weighted by molar-refractivity contribution is 9.11. The van der Waals surface area contributed by atoms with E-state index in [4.69, 9.17) is 13.6 Å². The molecule has 0 bridgehead atoms. The van der Waals surface area contributed by atoms with Crippen molar-refractivity contribution in [1.29, 1.82) is 0 Å². The van der Waals surface area contributed by atoms with Crippen LogP contribution >= 0.6 is 23.9 Å². The predicted molar refractivity (Wildman–Crippen MR) is 80.1 cm³/mol. The second-order valence-corrected chi connectivity index (χ2v) is 7.77. The lowest BCUT2D eigenvalue weighted by molar-refractivity contribution is -0.136. The Hall–Kier alpha value is -0.740. The van der Waals surface area contributed by atoms with E-state index in [1.54, 1.807) is 5.82 Å². The molecule has 3 unspecified atom stereocenters. The van der Waals surface area contributed by atoms with Crippen LogP contribution in [0.5, 0.6) is 0 Å². The quantitative estimate of drug-likeness (QED) is 0.731. The zero-order chi connectivity index (χ0) is 14.4. The number of halogens is 1. The molecule has 106 valence electrons. The first-order valence-corrected chi connectivity index (χ1v) is 8.84. The number of hydrogen-bond donors (Lipinski definition) is 0. The lowest BCUT2D eigenvalue weighted by atomic mass is 10.1. The molecule has 2 aliphatic heterocycles. The largest absolute Gasteiger partial charge is 0.493 e. The van der Waals surface area contributed by atoms with Gasteiger partial charge in [0, 0.05) is 0 Å². The molecule has 1 fully saturated rings. The summed E-state index contributed by atoms with van der Waals surface area (Å²) in [4.78, 5) is 12.1. The van der Waals surface area contributed by atoms with Crippen LogP contribution < -0.4 is 0 Å². The normalized spacial score (nSPS) is 36.2. The Morgan fingerprint density at radius 1 is 1.35 bits per heavy atom. The molecule has 6 heteroatoms. The molecular weight excluding hydrogens is 343 g/mol. The highest BCUT2D eigenvalue weighted by Gasteiger charge is 2.67. The maximum Gasteiger partial charge on any atom is 0.493 e. The van der Waals surface area contributed by atoms with Gasteiger partial charge < -0.3 is 0 Å². The average Bonchev–Trinajstić information content (AvgIpc) is 2.88. The number of hydrogen-bond acceptors (Lipinski definition) is 4. The van der Waals surface area contributed by atoms with Crippen LogP contribution in [0.25, 0.3) is 0 Å². The Labute approximate surface area is 126 Å². The van der Waals surface area contributed by atoms with Crippen LogP contribution in [0.1, 0.15) is 31.9 Å². The Bertz CT molecular complexity index is 576. The van der Waals surface area contributed by atoms with Crippen LogP contribution in [0, 0.1) is 0 Å². The van der Waals surface area contributed by atoms with Crippen molar-refractivity contribution < 1.29 is 18.4 Å². The zero-order valence-electron chi connectivity index (χ0n) is 11.2. The maximum absolute atomic E-state index is 12.1. The van der Waals surface area contributed by atoms with Crippen molar-refractivity contribution in [2.45, 2.75) is 32.0 Å². The van der Waals surface area contributed by atoms with Crippen LogP contribution in [-0.2, 0) is 18.4 Å². The Morgan fingerprint density at radius 3 is 2.65 bits per heavy atom. The first kappa shape index (κ1) is 14.2. The van der Waals surface area contributed by atoms with E-state index in [0.717, 1.165) is 16.5 Å². The summed E-state index contributed by atoms with van der Waals surface area (Å²) in [5, 5.41) is 0. The number of carbonyl (C=O) groups is 1. The van der Waals surface area contributed by atoms with Gasteiger partial charge in [-0.3, -0.25) is 0 Å². The Balaban J connectivity index is 1.89. The van der Waals surface area contributed by atoms with Gasteiger partial charge in [-0.15, -0.1) is 4.52 Å². The van der Waals surface area contributed by atoms with E-state index < -0.39 is 19.6 Å². The van der Waals surface area contributed by atoms with Gasteiger partial charge in [-0.25, -0.2) is 9.32 Å². The van der Waals surface area contributed by atoms with E-state index in [9.17, 15) is 4.79 Å². The van der Waals surface area contributed by atoms with Crippen molar-refractivity contribution in [1.82, 2.24) is 0 Å². The Kier molecular flexibility index (Phi) is 3.49. The number of benzene rings is 1. The molecule has 2 aliphatic rings. The summed E-state index contributed by atoms with van der Waals surface area (Å²) in [7, 11) is -2.73. The van der Waals surface area contributed by atoms with Gasteiger partial charge in [0.1, 0.15) is 0 Å². The third kappa shape index (κ3) is 2.23. The molecule has 0 radical (unpaired) electrons. The molecule has 20 heavy (non-hydrogen) atoms. The smallest absolute Gasteiger partial charge is 0.243 e. The van der Waals surface area contributed by atoms with Gasteiger partial charge in [0.05, 0.1) is 4.48 Å². The van der Waals surface area contributed by atoms with Crippen molar-refractivity contribution in [2.75, 3.05) is 0 Å². The molecule has 1 spiro atoms. The molecule has 0 saturated carbocycles. The van der Waals surface area contributed by atoms with Gasteiger partial charge in [0.25, 0.3) is 0 Å². The van der Waals surface area contributed by atoms with Crippen LogP contribution in [0.2, 0.25) is 0 Å². The average molecular weight is 358 g/mol. The van der Waals surface area contributed by atoms with Crippen LogP contribution in [-0.4, -0.2) is 11.6 Å². The van der Waals surface area contributed by atoms with E-state index >= 15 is 0 Å². The molecule has 0 N–H and O–H groups in total. The minimum absolute atomic E-state index is 0.388. The van der Waals surface area contributed by atoms with Gasteiger partial charge in [0.2, 0.25) is 6.10 Å². The fraction of sp³-hybridized carbons (Fsp3) is 0.357. The first-order chi connectivity index (χ1) is 9.48. The van der Waals surface area contributed by atoms with E-state index in [2.05, 4.69) is 15.9 Å². The topological polar surface area (TPSA) is 44.8 Å².